The van der Waals surface area contributed by atoms with Gasteiger partial charge >= 0.3 is 0 Å². The minimum Gasteiger partial charge on any atom is -0.508 e. The molecule has 0 radical (unpaired) electrons. The Labute approximate surface area is 158 Å². The smallest absolute Gasteiger partial charge is 0.125 e. The van der Waals surface area contributed by atoms with Crippen LogP contribution in [0.4, 0.5) is 0 Å². The van der Waals surface area contributed by atoms with Crippen molar-refractivity contribution in [1.29, 1.82) is 0 Å². The van der Waals surface area contributed by atoms with Gasteiger partial charge in [0.05, 0.1) is 15.7 Å². The standard InChI is InChI=1S/C23H26O2Si/c1-16-14-21(24)17(2)18(3)22(16)25-15-26-23(19-10-6-4-7-11-19)20-12-8-5-9-13-20/h4-14,23-24H,15,26H2,1-3H3. The highest BCUT2D eigenvalue weighted by Crippen LogP contribution is 2.32. The number of ether oxygens (including phenoxy) is 1. The highest BCUT2D eigenvalue weighted by Gasteiger charge is 2.16. The van der Waals surface area contributed by atoms with E-state index < -0.39 is 9.52 Å². The van der Waals surface area contributed by atoms with Gasteiger partial charge in [-0.2, -0.15) is 0 Å². The molecule has 0 bridgehead atoms. The second kappa shape index (κ2) is 8.24. The van der Waals surface area contributed by atoms with E-state index >= 15 is 0 Å². The van der Waals surface area contributed by atoms with Crippen LogP contribution in [0.15, 0.2) is 66.7 Å². The van der Waals surface area contributed by atoms with Crippen LogP contribution >= 0.6 is 0 Å². The van der Waals surface area contributed by atoms with E-state index in [0.717, 1.165) is 28.7 Å². The third-order valence-electron chi connectivity index (χ3n) is 5.06. The summed E-state index contributed by atoms with van der Waals surface area (Å²) < 4.78 is 6.23. The molecule has 0 amide bonds. The number of aryl methyl sites for hydroxylation is 1. The quantitative estimate of drug-likeness (QED) is 0.649. The van der Waals surface area contributed by atoms with Crippen LogP contribution in [0.3, 0.4) is 0 Å². The molecule has 0 atom stereocenters. The summed E-state index contributed by atoms with van der Waals surface area (Å²) in [6.45, 7) is 5.95. The van der Waals surface area contributed by atoms with E-state index in [1.807, 2.05) is 20.8 Å². The Morgan fingerprint density at radius 1 is 0.846 bits per heavy atom. The van der Waals surface area contributed by atoms with Gasteiger partial charge in [-0.25, -0.2) is 0 Å². The number of phenolic OH excluding ortho intramolecular Hbond substituents is 1. The van der Waals surface area contributed by atoms with Crippen LogP contribution in [0.1, 0.15) is 33.4 Å². The molecule has 0 fully saturated rings. The lowest BCUT2D eigenvalue weighted by atomic mass is 10.0. The number of rotatable bonds is 6. The van der Waals surface area contributed by atoms with E-state index in [2.05, 4.69) is 60.7 Å². The first-order chi connectivity index (χ1) is 12.6. The summed E-state index contributed by atoms with van der Waals surface area (Å²) in [5.41, 5.74) is 6.10. The van der Waals surface area contributed by atoms with E-state index in [1.54, 1.807) is 6.07 Å². The van der Waals surface area contributed by atoms with E-state index in [0.29, 0.717) is 11.3 Å². The predicted molar refractivity (Wildman–Crippen MR) is 111 cm³/mol. The third kappa shape index (κ3) is 4.00. The highest BCUT2D eigenvalue weighted by molar-refractivity contribution is 6.39. The van der Waals surface area contributed by atoms with Crippen molar-refractivity contribution in [3.63, 3.8) is 0 Å². The average Bonchev–Trinajstić information content (AvgIpc) is 2.67. The lowest BCUT2D eigenvalue weighted by Gasteiger charge is -2.20. The van der Waals surface area contributed by atoms with E-state index in [1.165, 1.54) is 11.1 Å². The third-order valence-corrected chi connectivity index (χ3v) is 7.02. The minimum absolute atomic E-state index is 0.344. The normalized spacial score (nSPS) is 11.4. The first kappa shape index (κ1) is 18.3. The van der Waals surface area contributed by atoms with Crippen LogP contribution in [0.2, 0.25) is 0 Å². The van der Waals surface area contributed by atoms with Gasteiger partial charge in [0.15, 0.2) is 0 Å². The monoisotopic (exact) mass is 362 g/mol. The van der Waals surface area contributed by atoms with Gasteiger partial charge < -0.3 is 9.84 Å². The van der Waals surface area contributed by atoms with Gasteiger partial charge in [-0.15, -0.1) is 0 Å². The Kier molecular flexibility index (Phi) is 5.79. The molecule has 0 saturated carbocycles. The van der Waals surface area contributed by atoms with Gasteiger partial charge in [0.25, 0.3) is 0 Å². The fraction of sp³-hybridized carbons (Fsp3) is 0.217. The minimum atomic E-state index is -0.554. The van der Waals surface area contributed by atoms with Gasteiger partial charge in [-0.3, -0.25) is 0 Å². The van der Waals surface area contributed by atoms with Gasteiger partial charge in [-0.1, -0.05) is 60.7 Å². The van der Waals surface area contributed by atoms with Crippen LogP contribution in [0.5, 0.6) is 11.5 Å². The Bertz CT molecular complexity index is 821. The number of aromatic hydroxyl groups is 1. The lowest BCUT2D eigenvalue weighted by Crippen LogP contribution is -2.18. The second-order valence-corrected chi connectivity index (χ2v) is 8.60. The summed E-state index contributed by atoms with van der Waals surface area (Å²) in [5, 5.41) is 9.97. The summed E-state index contributed by atoms with van der Waals surface area (Å²) in [5.74, 6) is 1.27. The van der Waals surface area contributed by atoms with Crippen LogP contribution in [-0.4, -0.2) is 20.9 Å². The molecule has 0 aliphatic heterocycles. The maximum Gasteiger partial charge on any atom is 0.125 e. The summed E-state index contributed by atoms with van der Waals surface area (Å²) in [6.07, 6.45) is 0.764. The van der Waals surface area contributed by atoms with Crippen LogP contribution in [0.25, 0.3) is 0 Å². The zero-order valence-corrected chi connectivity index (χ0v) is 17.1. The van der Waals surface area contributed by atoms with Gasteiger partial charge in [0.1, 0.15) is 11.5 Å². The molecular formula is C23H26O2Si. The summed E-state index contributed by atoms with van der Waals surface area (Å²) in [6, 6.07) is 23.2. The number of hydrogen-bond acceptors (Lipinski definition) is 2. The van der Waals surface area contributed by atoms with Crippen LogP contribution in [0, 0.1) is 20.8 Å². The molecule has 0 unspecified atom stereocenters. The lowest BCUT2D eigenvalue weighted by molar-refractivity contribution is 0.375. The zero-order chi connectivity index (χ0) is 18.5. The fourth-order valence-electron chi connectivity index (χ4n) is 3.43. The Balaban J connectivity index is 1.79. The Morgan fingerprint density at radius 2 is 1.38 bits per heavy atom. The van der Waals surface area contributed by atoms with Crippen LogP contribution < -0.4 is 4.74 Å². The van der Waals surface area contributed by atoms with Crippen molar-refractivity contribution in [2.75, 3.05) is 6.23 Å². The Morgan fingerprint density at radius 3 is 1.92 bits per heavy atom. The fourth-order valence-corrected chi connectivity index (χ4v) is 5.20. The molecule has 0 aromatic heterocycles. The zero-order valence-electron chi connectivity index (χ0n) is 15.7. The molecule has 0 aliphatic rings. The van der Waals surface area contributed by atoms with Crippen molar-refractivity contribution in [2.24, 2.45) is 0 Å². The molecule has 0 spiro atoms. The van der Waals surface area contributed by atoms with Gasteiger partial charge in [0, 0.05) is 5.54 Å². The van der Waals surface area contributed by atoms with Crippen molar-refractivity contribution in [2.45, 2.75) is 26.3 Å². The molecule has 3 aromatic rings. The first-order valence-corrected chi connectivity index (χ1v) is 10.9. The van der Waals surface area contributed by atoms with Crippen molar-refractivity contribution in [3.05, 3.63) is 94.5 Å². The molecule has 0 heterocycles. The summed E-state index contributed by atoms with van der Waals surface area (Å²) in [7, 11) is -0.554. The van der Waals surface area contributed by atoms with Crippen molar-refractivity contribution in [3.8, 4) is 11.5 Å². The first-order valence-electron chi connectivity index (χ1n) is 9.10. The molecular weight excluding hydrogens is 336 g/mol. The number of hydrogen-bond donors (Lipinski definition) is 1. The van der Waals surface area contributed by atoms with Crippen LogP contribution in [-0.2, 0) is 0 Å². The molecule has 3 rings (SSSR count). The molecule has 3 heteroatoms. The van der Waals surface area contributed by atoms with Crippen molar-refractivity contribution < 1.29 is 9.84 Å². The van der Waals surface area contributed by atoms with Crippen molar-refractivity contribution in [1.82, 2.24) is 0 Å². The topological polar surface area (TPSA) is 29.5 Å². The van der Waals surface area contributed by atoms with Gasteiger partial charge in [0.2, 0.25) is 0 Å². The molecule has 0 saturated heterocycles. The van der Waals surface area contributed by atoms with E-state index in [4.69, 9.17) is 4.74 Å². The molecule has 1 N–H and O–H groups in total. The van der Waals surface area contributed by atoms with Gasteiger partial charge in [-0.05, 0) is 54.7 Å². The maximum atomic E-state index is 9.97. The average molecular weight is 363 g/mol. The van der Waals surface area contributed by atoms with E-state index in [-0.39, 0.29) is 0 Å². The molecule has 134 valence electrons. The summed E-state index contributed by atoms with van der Waals surface area (Å²) >= 11 is 0. The molecule has 0 aliphatic carbocycles. The molecule has 2 nitrogen and oxygen atoms in total. The largest absolute Gasteiger partial charge is 0.508 e. The number of phenols is 1. The van der Waals surface area contributed by atoms with E-state index in [9.17, 15) is 5.11 Å². The summed E-state index contributed by atoms with van der Waals surface area (Å²) in [4.78, 5) is 0. The Hall–Kier alpha value is -2.52. The maximum absolute atomic E-state index is 9.97. The predicted octanol–water partition coefficient (Wildman–Crippen LogP) is 4.61. The highest BCUT2D eigenvalue weighted by atomic mass is 28.2. The van der Waals surface area contributed by atoms with Crippen molar-refractivity contribution >= 4 is 9.52 Å². The SMILES string of the molecule is Cc1cc(O)c(C)c(C)c1OC[SiH2]C(c1ccccc1)c1ccccc1. The number of benzene rings is 3. The molecule has 26 heavy (non-hydrogen) atoms. The second-order valence-electron chi connectivity index (χ2n) is 6.80. The molecule has 3 aromatic carbocycles.